The van der Waals surface area contributed by atoms with Gasteiger partial charge in [-0.3, -0.25) is 0 Å². The molecule has 0 aliphatic heterocycles. The van der Waals surface area contributed by atoms with E-state index in [1.165, 1.54) is 12.8 Å². The SMILES string of the molecule is OC1(c2cnc(C3CC3)nc2)CCC(n2cccc2)CC1. The Balaban J connectivity index is 1.47. The molecule has 2 aromatic heterocycles. The van der Waals surface area contributed by atoms with Crippen molar-refractivity contribution in [1.29, 1.82) is 0 Å². The van der Waals surface area contributed by atoms with Gasteiger partial charge in [-0.05, 0) is 50.7 Å². The van der Waals surface area contributed by atoms with Gasteiger partial charge in [0.15, 0.2) is 0 Å². The lowest BCUT2D eigenvalue weighted by atomic mass is 9.78. The van der Waals surface area contributed by atoms with E-state index in [1.807, 2.05) is 12.4 Å². The van der Waals surface area contributed by atoms with Crippen LogP contribution in [0.3, 0.4) is 0 Å². The molecule has 4 heteroatoms. The minimum atomic E-state index is -0.744. The zero-order valence-electron chi connectivity index (χ0n) is 12.2. The second-order valence-corrected chi connectivity index (χ2v) is 6.50. The fourth-order valence-electron chi connectivity index (χ4n) is 3.39. The fraction of sp³-hybridized carbons (Fsp3) is 0.529. The predicted octanol–water partition coefficient (Wildman–Crippen LogP) is 3.16. The van der Waals surface area contributed by atoms with Gasteiger partial charge in [0.2, 0.25) is 0 Å². The molecule has 2 aliphatic carbocycles. The third-order valence-electron chi connectivity index (χ3n) is 4.98. The number of hydrogen-bond donors (Lipinski definition) is 1. The summed E-state index contributed by atoms with van der Waals surface area (Å²) in [6.45, 7) is 0. The Morgan fingerprint density at radius 1 is 1.00 bits per heavy atom. The standard InChI is InChI=1S/C17H21N3O/c21-17(14-11-18-16(19-12-14)13-3-4-13)7-5-15(6-8-17)20-9-1-2-10-20/h1-2,9-13,15,21H,3-8H2. The van der Waals surface area contributed by atoms with E-state index in [9.17, 15) is 5.11 Å². The molecule has 0 amide bonds. The van der Waals surface area contributed by atoms with E-state index in [0.717, 1.165) is 37.1 Å². The molecule has 0 bridgehead atoms. The summed E-state index contributed by atoms with van der Waals surface area (Å²) in [6.07, 6.45) is 13.9. The van der Waals surface area contributed by atoms with Crippen LogP contribution in [0.5, 0.6) is 0 Å². The van der Waals surface area contributed by atoms with Crippen molar-refractivity contribution in [3.8, 4) is 0 Å². The maximum absolute atomic E-state index is 10.9. The largest absolute Gasteiger partial charge is 0.385 e. The van der Waals surface area contributed by atoms with Gasteiger partial charge >= 0.3 is 0 Å². The average molecular weight is 283 g/mol. The monoisotopic (exact) mass is 283 g/mol. The van der Waals surface area contributed by atoms with Crippen molar-refractivity contribution in [3.05, 3.63) is 48.3 Å². The molecule has 4 nitrogen and oxygen atoms in total. The second-order valence-electron chi connectivity index (χ2n) is 6.50. The third kappa shape index (κ3) is 2.48. The Morgan fingerprint density at radius 3 is 2.19 bits per heavy atom. The van der Waals surface area contributed by atoms with Crippen LogP contribution in [0.2, 0.25) is 0 Å². The van der Waals surface area contributed by atoms with Gasteiger partial charge < -0.3 is 9.67 Å². The first-order chi connectivity index (χ1) is 10.2. The summed E-state index contributed by atoms with van der Waals surface area (Å²) >= 11 is 0. The van der Waals surface area contributed by atoms with E-state index in [4.69, 9.17) is 0 Å². The molecular weight excluding hydrogens is 262 g/mol. The number of nitrogens with zero attached hydrogens (tertiary/aromatic N) is 3. The fourth-order valence-corrected chi connectivity index (χ4v) is 3.39. The molecular formula is C17H21N3O. The van der Waals surface area contributed by atoms with Crippen LogP contribution < -0.4 is 0 Å². The number of rotatable bonds is 3. The Bertz CT molecular complexity index is 593. The lowest BCUT2D eigenvalue weighted by Gasteiger charge is -2.36. The molecule has 110 valence electrons. The first-order valence-electron chi connectivity index (χ1n) is 7.92. The molecule has 2 fully saturated rings. The highest BCUT2D eigenvalue weighted by molar-refractivity contribution is 5.18. The van der Waals surface area contributed by atoms with Gasteiger partial charge in [0.1, 0.15) is 5.82 Å². The molecule has 4 rings (SSSR count). The Hall–Kier alpha value is -1.68. The number of hydrogen-bond acceptors (Lipinski definition) is 3. The van der Waals surface area contributed by atoms with Gasteiger partial charge in [0, 0.05) is 42.3 Å². The molecule has 0 radical (unpaired) electrons. The van der Waals surface area contributed by atoms with Crippen LogP contribution >= 0.6 is 0 Å². The molecule has 2 heterocycles. The molecule has 2 aromatic rings. The number of aliphatic hydroxyl groups is 1. The lowest BCUT2D eigenvalue weighted by Crippen LogP contribution is -2.32. The second kappa shape index (κ2) is 4.95. The van der Waals surface area contributed by atoms with Crippen LogP contribution in [0.15, 0.2) is 36.9 Å². The summed E-state index contributed by atoms with van der Waals surface area (Å²) in [7, 11) is 0. The quantitative estimate of drug-likeness (QED) is 0.941. The Labute approximate surface area is 124 Å². The van der Waals surface area contributed by atoms with Crippen molar-refractivity contribution in [2.45, 2.75) is 56.1 Å². The maximum atomic E-state index is 10.9. The highest BCUT2D eigenvalue weighted by Crippen LogP contribution is 2.42. The minimum Gasteiger partial charge on any atom is -0.385 e. The highest BCUT2D eigenvalue weighted by Gasteiger charge is 2.36. The lowest BCUT2D eigenvalue weighted by molar-refractivity contribution is -0.0129. The zero-order valence-corrected chi connectivity index (χ0v) is 12.2. The van der Waals surface area contributed by atoms with Crippen molar-refractivity contribution in [3.63, 3.8) is 0 Å². The molecule has 0 spiro atoms. The van der Waals surface area contributed by atoms with E-state index in [-0.39, 0.29) is 0 Å². The van der Waals surface area contributed by atoms with Crippen LogP contribution in [-0.2, 0) is 5.60 Å². The van der Waals surface area contributed by atoms with Gasteiger partial charge in [-0.15, -0.1) is 0 Å². The topological polar surface area (TPSA) is 50.9 Å². The van der Waals surface area contributed by atoms with Gasteiger partial charge in [-0.1, -0.05) is 0 Å². The Morgan fingerprint density at radius 2 is 1.62 bits per heavy atom. The molecule has 1 N–H and O–H groups in total. The van der Waals surface area contributed by atoms with E-state index in [2.05, 4.69) is 39.1 Å². The summed E-state index contributed by atoms with van der Waals surface area (Å²) < 4.78 is 2.26. The predicted molar refractivity (Wildman–Crippen MR) is 79.8 cm³/mol. The molecule has 21 heavy (non-hydrogen) atoms. The summed E-state index contributed by atoms with van der Waals surface area (Å²) in [5.74, 6) is 1.52. The first kappa shape index (κ1) is 13.0. The summed E-state index contributed by atoms with van der Waals surface area (Å²) in [6, 6.07) is 4.63. The molecule has 0 aromatic carbocycles. The molecule has 2 aliphatic rings. The molecule has 0 unspecified atom stereocenters. The van der Waals surface area contributed by atoms with Gasteiger partial charge in [0.05, 0.1) is 5.60 Å². The van der Waals surface area contributed by atoms with Crippen molar-refractivity contribution in [2.24, 2.45) is 0 Å². The smallest absolute Gasteiger partial charge is 0.131 e. The highest BCUT2D eigenvalue weighted by atomic mass is 16.3. The van der Waals surface area contributed by atoms with Crippen LogP contribution in [-0.4, -0.2) is 19.6 Å². The zero-order chi connectivity index (χ0) is 14.3. The van der Waals surface area contributed by atoms with E-state index >= 15 is 0 Å². The summed E-state index contributed by atoms with van der Waals surface area (Å²) in [5.41, 5.74) is 0.143. The molecule has 2 saturated carbocycles. The van der Waals surface area contributed by atoms with Crippen molar-refractivity contribution < 1.29 is 5.11 Å². The van der Waals surface area contributed by atoms with Crippen LogP contribution in [0.25, 0.3) is 0 Å². The average Bonchev–Trinajstić information content (AvgIpc) is 3.23. The van der Waals surface area contributed by atoms with Crippen LogP contribution in [0.1, 0.15) is 61.9 Å². The minimum absolute atomic E-state index is 0.506. The molecule has 0 atom stereocenters. The van der Waals surface area contributed by atoms with Gasteiger partial charge in [-0.25, -0.2) is 9.97 Å². The van der Waals surface area contributed by atoms with E-state index in [0.29, 0.717) is 12.0 Å². The van der Waals surface area contributed by atoms with Crippen molar-refractivity contribution in [1.82, 2.24) is 14.5 Å². The van der Waals surface area contributed by atoms with E-state index in [1.54, 1.807) is 0 Å². The normalized spacial score (nSPS) is 29.5. The summed E-state index contributed by atoms with van der Waals surface area (Å²) in [4.78, 5) is 8.91. The van der Waals surface area contributed by atoms with Crippen molar-refractivity contribution >= 4 is 0 Å². The summed E-state index contributed by atoms with van der Waals surface area (Å²) in [5, 5.41) is 10.9. The van der Waals surface area contributed by atoms with Crippen LogP contribution in [0, 0.1) is 0 Å². The molecule has 0 saturated heterocycles. The number of aromatic nitrogens is 3. The third-order valence-corrected chi connectivity index (χ3v) is 4.98. The first-order valence-corrected chi connectivity index (χ1v) is 7.92. The van der Waals surface area contributed by atoms with Crippen molar-refractivity contribution in [2.75, 3.05) is 0 Å². The van der Waals surface area contributed by atoms with Crippen LogP contribution in [0.4, 0.5) is 0 Å². The Kier molecular flexibility index (Phi) is 3.07. The van der Waals surface area contributed by atoms with E-state index < -0.39 is 5.60 Å². The maximum Gasteiger partial charge on any atom is 0.131 e. The van der Waals surface area contributed by atoms with Gasteiger partial charge in [-0.2, -0.15) is 0 Å². The van der Waals surface area contributed by atoms with Gasteiger partial charge in [0.25, 0.3) is 0 Å².